The average Bonchev–Trinajstić information content (AvgIpc) is 2.86. The molecule has 9 nitrogen and oxygen atoms in total. The van der Waals surface area contributed by atoms with Crippen molar-refractivity contribution in [2.75, 3.05) is 19.0 Å². The minimum Gasteiger partial charge on any atom is -0.497 e. The maximum Gasteiger partial charge on any atom is 0.329 e. The Bertz CT molecular complexity index is 1230. The largest absolute Gasteiger partial charge is 0.497 e. The fourth-order valence-corrected chi connectivity index (χ4v) is 3.37. The summed E-state index contributed by atoms with van der Waals surface area (Å²) in [5, 5.41) is 9.74. The molecule has 0 aromatic heterocycles. The molecule has 0 radical (unpaired) electrons. The van der Waals surface area contributed by atoms with Crippen LogP contribution in [0.15, 0.2) is 71.8 Å². The molecule has 0 atom stereocenters. The van der Waals surface area contributed by atoms with Crippen LogP contribution in [0.4, 0.5) is 5.69 Å². The predicted octanol–water partition coefficient (Wildman–Crippen LogP) is 3.79. The molecule has 0 spiro atoms. The van der Waals surface area contributed by atoms with Crippen molar-refractivity contribution in [3.05, 3.63) is 87.9 Å². The van der Waals surface area contributed by atoms with Crippen molar-refractivity contribution in [3.8, 4) is 11.5 Å². The maximum atomic E-state index is 12.1. The van der Waals surface area contributed by atoms with Gasteiger partial charge >= 0.3 is 11.8 Å². The Morgan fingerprint density at radius 3 is 2.17 bits per heavy atom. The van der Waals surface area contributed by atoms with E-state index >= 15 is 0 Å². The van der Waals surface area contributed by atoms with Crippen LogP contribution in [-0.4, -0.2) is 37.7 Å². The van der Waals surface area contributed by atoms with E-state index in [4.69, 9.17) is 32.7 Å². The highest BCUT2D eigenvalue weighted by atomic mass is 35.5. The molecule has 3 amide bonds. The first-order valence-corrected chi connectivity index (χ1v) is 11.3. The highest BCUT2D eigenvalue weighted by molar-refractivity contribution is 6.35. The monoisotopic (exact) mass is 528 g/mol. The van der Waals surface area contributed by atoms with Crippen molar-refractivity contribution in [2.45, 2.75) is 6.54 Å². The number of hydrogen-bond acceptors (Lipinski definition) is 6. The molecule has 0 heterocycles. The summed E-state index contributed by atoms with van der Waals surface area (Å²) in [5.74, 6) is -0.945. The molecule has 3 aromatic carbocycles. The molecule has 3 rings (SSSR count). The number of carbonyl (C=O) groups excluding carboxylic acids is 3. The van der Waals surface area contributed by atoms with E-state index in [1.807, 2.05) is 0 Å². The summed E-state index contributed by atoms with van der Waals surface area (Å²) in [7, 11) is 1.56. The fraction of sp³-hybridized carbons (Fsp3) is 0.120. The number of ether oxygens (including phenoxy) is 2. The summed E-state index contributed by atoms with van der Waals surface area (Å²) in [6.07, 6.45) is 1.37. The first kappa shape index (κ1) is 26.5. The van der Waals surface area contributed by atoms with Gasteiger partial charge in [0, 0.05) is 22.3 Å². The van der Waals surface area contributed by atoms with Gasteiger partial charge in [0.15, 0.2) is 6.61 Å². The minimum absolute atomic E-state index is 0.187. The van der Waals surface area contributed by atoms with Crippen LogP contribution in [0, 0.1) is 0 Å². The number of nitrogens with one attached hydrogen (secondary N) is 3. The van der Waals surface area contributed by atoms with Gasteiger partial charge in [-0.2, -0.15) is 5.10 Å². The average molecular weight is 529 g/mol. The van der Waals surface area contributed by atoms with Crippen molar-refractivity contribution in [2.24, 2.45) is 5.10 Å². The number of nitrogens with zero attached hydrogens (tertiary/aromatic N) is 1. The molecule has 186 valence electrons. The van der Waals surface area contributed by atoms with Gasteiger partial charge in [-0.15, -0.1) is 0 Å². The summed E-state index contributed by atoms with van der Waals surface area (Å²) in [4.78, 5) is 35.9. The van der Waals surface area contributed by atoms with Crippen molar-refractivity contribution in [1.82, 2.24) is 10.7 Å². The number of anilines is 1. The smallest absolute Gasteiger partial charge is 0.329 e. The minimum atomic E-state index is -0.897. The molecule has 36 heavy (non-hydrogen) atoms. The van der Waals surface area contributed by atoms with E-state index in [0.29, 0.717) is 32.8 Å². The molecular formula is C25H22Cl2N4O5. The third-order valence-corrected chi connectivity index (χ3v) is 5.03. The van der Waals surface area contributed by atoms with Crippen LogP contribution in [0.5, 0.6) is 11.5 Å². The van der Waals surface area contributed by atoms with E-state index < -0.39 is 11.8 Å². The lowest BCUT2D eigenvalue weighted by atomic mass is 10.2. The Balaban J connectivity index is 1.40. The first-order valence-electron chi connectivity index (χ1n) is 10.6. The van der Waals surface area contributed by atoms with E-state index in [-0.39, 0.29) is 19.1 Å². The molecule has 0 aliphatic carbocycles. The van der Waals surface area contributed by atoms with Crippen LogP contribution in [0.2, 0.25) is 10.0 Å². The van der Waals surface area contributed by atoms with Crippen LogP contribution < -0.4 is 25.5 Å². The van der Waals surface area contributed by atoms with Crippen molar-refractivity contribution in [3.63, 3.8) is 0 Å². The van der Waals surface area contributed by atoms with E-state index in [0.717, 1.165) is 5.56 Å². The molecule has 3 aromatic rings. The van der Waals surface area contributed by atoms with Gasteiger partial charge in [0.2, 0.25) is 0 Å². The Kier molecular flexibility index (Phi) is 9.67. The number of hydrazone groups is 1. The molecule has 0 unspecified atom stereocenters. The zero-order valence-corrected chi connectivity index (χ0v) is 20.6. The number of hydrogen-bond donors (Lipinski definition) is 3. The summed E-state index contributed by atoms with van der Waals surface area (Å²) in [6, 6.07) is 18.4. The number of amides is 3. The number of halogens is 2. The van der Waals surface area contributed by atoms with Crippen molar-refractivity contribution in [1.29, 1.82) is 0 Å². The molecule has 0 saturated heterocycles. The Hall–Kier alpha value is -4.08. The van der Waals surface area contributed by atoms with Crippen molar-refractivity contribution >= 4 is 52.8 Å². The standard InChI is InChI=1S/C25H22Cl2N4O5/c1-35-21-6-2-16(3-7-21)13-28-24(33)25(34)31-29-14-17-4-8-22(9-5-17)36-15-23(32)30-20-11-18(26)10-19(27)12-20/h2-12,14H,13,15H2,1H3,(H,28,33)(H,30,32)(H,31,34)/b29-14-. The third kappa shape index (κ3) is 8.61. The van der Waals surface area contributed by atoms with Gasteiger partial charge in [-0.3, -0.25) is 14.4 Å². The maximum absolute atomic E-state index is 12.1. The summed E-state index contributed by atoms with van der Waals surface area (Å²) in [5.41, 5.74) is 4.08. The van der Waals surface area contributed by atoms with E-state index in [1.165, 1.54) is 6.21 Å². The number of methoxy groups -OCH3 is 1. The van der Waals surface area contributed by atoms with Gasteiger partial charge in [-0.1, -0.05) is 35.3 Å². The van der Waals surface area contributed by atoms with E-state index in [9.17, 15) is 14.4 Å². The second-order valence-corrected chi connectivity index (χ2v) is 8.17. The lowest BCUT2D eigenvalue weighted by Gasteiger charge is -2.08. The van der Waals surface area contributed by atoms with Gasteiger partial charge < -0.3 is 20.1 Å². The predicted molar refractivity (Wildman–Crippen MR) is 138 cm³/mol. The number of carbonyl (C=O) groups is 3. The third-order valence-electron chi connectivity index (χ3n) is 4.59. The second-order valence-electron chi connectivity index (χ2n) is 7.29. The van der Waals surface area contributed by atoms with E-state index in [2.05, 4.69) is 21.2 Å². The molecule has 0 aliphatic rings. The first-order chi connectivity index (χ1) is 17.3. The Morgan fingerprint density at radius 2 is 1.53 bits per heavy atom. The van der Waals surface area contributed by atoms with Crippen LogP contribution >= 0.6 is 23.2 Å². The summed E-state index contributed by atoms with van der Waals surface area (Å²) >= 11 is 11.8. The van der Waals surface area contributed by atoms with Crippen LogP contribution in [0.25, 0.3) is 0 Å². The zero-order chi connectivity index (χ0) is 25.9. The number of benzene rings is 3. The van der Waals surface area contributed by atoms with Gasteiger partial charge in [-0.05, 0) is 65.7 Å². The fourth-order valence-electron chi connectivity index (χ4n) is 2.84. The molecule has 0 fully saturated rings. The lowest BCUT2D eigenvalue weighted by molar-refractivity contribution is -0.139. The SMILES string of the molecule is COc1ccc(CNC(=O)C(=O)N/N=C\c2ccc(OCC(=O)Nc3cc(Cl)cc(Cl)c3)cc2)cc1. The highest BCUT2D eigenvalue weighted by Crippen LogP contribution is 2.22. The van der Waals surface area contributed by atoms with Gasteiger partial charge in [0.05, 0.1) is 13.3 Å². The lowest BCUT2D eigenvalue weighted by Crippen LogP contribution is -2.37. The van der Waals surface area contributed by atoms with Gasteiger partial charge in [0.1, 0.15) is 11.5 Å². The quantitative estimate of drug-likeness (QED) is 0.222. The highest BCUT2D eigenvalue weighted by Gasteiger charge is 2.12. The summed E-state index contributed by atoms with van der Waals surface area (Å²) < 4.78 is 10.5. The normalized spacial score (nSPS) is 10.5. The molecule has 3 N–H and O–H groups in total. The van der Waals surface area contributed by atoms with Crippen LogP contribution in [-0.2, 0) is 20.9 Å². The van der Waals surface area contributed by atoms with Crippen LogP contribution in [0.1, 0.15) is 11.1 Å². The zero-order valence-electron chi connectivity index (χ0n) is 19.1. The Morgan fingerprint density at radius 1 is 0.889 bits per heavy atom. The number of rotatable bonds is 9. The molecule has 0 saturated carbocycles. The van der Waals surface area contributed by atoms with Crippen molar-refractivity contribution < 1.29 is 23.9 Å². The summed E-state index contributed by atoms with van der Waals surface area (Å²) in [6.45, 7) is -0.0362. The van der Waals surface area contributed by atoms with Crippen LogP contribution in [0.3, 0.4) is 0 Å². The topological polar surface area (TPSA) is 118 Å². The molecule has 11 heteroatoms. The van der Waals surface area contributed by atoms with E-state index in [1.54, 1.807) is 73.8 Å². The second kappa shape index (κ2) is 13.1. The van der Waals surface area contributed by atoms with Gasteiger partial charge in [-0.25, -0.2) is 5.43 Å². The molecule has 0 aliphatic heterocycles. The van der Waals surface area contributed by atoms with Gasteiger partial charge in [0.25, 0.3) is 5.91 Å². The molecule has 0 bridgehead atoms. The Labute approximate surface area is 217 Å². The molecular weight excluding hydrogens is 507 g/mol.